The Kier molecular flexibility index (Phi) is 6.08. The highest BCUT2D eigenvalue weighted by Crippen LogP contribution is 2.27. The molecule has 25 heavy (non-hydrogen) atoms. The molecule has 8 nitrogen and oxygen atoms in total. The van der Waals surface area contributed by atoms with Gasteiger partial charge in [-0.1, -0.05) is 19.9 Å². The highest BCUT2D eigenvalue weighted by Gasteiger charge is 2.32. The van der Waals surface area contributed by atoms with E-state index < -0.39 is 22.8 Å². The SMILES string of the molecule is CC(C)c1ccc(C(=O)NC(C(=O)O)C2CCCOC2)cc1[N+](=O)[O-]. The molecule has 1 fully saturated rings. The van der Waals surface area contributed by atoms with Crippen LogP contribution in [0.5, 0.6) is 0 Å². The molecule has 1 aromatic rings. The van der Waals surface area contributed by atoms with Crippen LogP contribution in [-0.4, -0.2) is 41.2 Å². The van der Waals surface area contributed by atoms with Crippen LogP contribution >= 0.6 is 0 Å². The Labute approximate surface area is 145 Å². The predicted octanol–water partition coefficient (Wildman–Crippen LogP) is 2.33. The predicted molar refractivity (Wildman–Crippen MR) is 89.6 cm³/mol. The molecule has 2 atom stereocenters. The molecule has 136 valence electrons. The van der Waals surface area contributed by atoms with Crippen molar-refractivity contribution in [1.82, 2.24) is 5.32 Å². The van der Waals surface area contributed by atoms with E-state index >= 15 is 0 Å². The van der Waals surface area contributed by atoms with E-state index in [1.165, 1.54) is 18.2 Å². The zero-order valence-corrected chi connectivity index (χ0v) is 14.2. The number of amides is 1. The fourth-order valence-corrected chi connectivity index (χ4v) is 2.97. The van der Waals surface area contributed by atoms with Crippen molar-refractivity contribution in [2.45, 2.75) is 38.6 Å². The Morgan fingerprint density at radius 3 is 2.64 bits per heavy atom. The van der Waals surface area contributed by atoms with E-state index in [2.05, 4.69) is 5.32 Å². The number of hydrogen-bond donors (Lipinski definition) is 2. The van der Waals surface area contributed by atoms with Crippen LogP contribution in [0.3, 0.4) is 0 Å². The number of carboxylic acid groups (broad SMARTS) is 1. The Balaban J connectivity index is 2.22. The van der Waals surface area contributed by atoms with Crippen molar-refractivity contribution in [1.29, 1.82) is 0 Å². The first-order chi connectivity index (χ1) is 11.8. The summed E-state index contributed by atoms with van der Waals surface area (Å²) in [4.78, 5) is 34.6. The number of hydrogen-bond acceptors (Lipinski definition) is 5. The average molecular weight is 350 g/mol. The minimum atomic E-state index is -1.14. The number of nitro benzene ring substituents is 1. The maximum atomic E-state index is 12.4. The molecular weight excluding hydrogens is 328 g/mol. The molecule has 2 rings (SSSR count). The number of nitrogens with one attached hydrogen (secondary N) is 1. The molecular formula is C17H22N2O6. The van der Waals surface area contributed by atoms with Gasteiger partial charge >= 0.3 is 5.97 Å². The van der Waals surface area contributed by atoms with Crippen LogP contribution in [0.25, 0.3) is 0 Å². The van der Waals surface area contributed by atoms with Crippen LogP contribution in [-0.2, 0) is 9.53 Å². The molecule has 8 heteroatoms. The minimum Gasteiger partial charge on any atom is -0.480 e. The highest BCUT2D eigenvalue weighted by molar-refractivity contribution is 5.97. The van der Waals surface area contributed by atoms with Gasteiger partial charge in [0.1, 0.15) is 6.04 Å². The molecule has 0 saturated carbocycles. The first kappa shape index (κ1) is 18.9. The van der Waals surface area contributed by atoms with Gasteiger partial charge in [0.2, 0.25) is 0 Å². The van der Waals surface area contributed by atoms with Crippen molar-refractivity contribution in [2.24, 2.45) is 5.92 Å². The maximum Gasteiger partial charge on any atom is 0.326 e. The van der Waals surface area contributed by atoms with E-state index in [9.17, 15) is 24.8 Å². The number of benzene rings is 1. The van der Waals surface area contributed by atoms with Gasteiger partial charge < -0.3 is 15.2 Å². The van der Waals surface area contributed by atoms with Crippen molar-refractivity contribution in [2.75, 3.05) is 13.2 Å². The van der Waals surface area contributed by atoms with Gasteiger partial charge in [0, 0.05) is 29.7 Å². The van der Waals surface area contributed by atoms with Crippen LogP contribution < -0.4 is 5.32 Å². The molecule has 1 aliphatic heterocycles. The van der Waals surface area contributed by atoms with Gasteiger partial charge in [-0.05, 0) is 24.8 Å². The summed E-state index contributed by atoms with van der Waals surface area (Å²) in [5.74, 6) is -2.17. The first-order valence-electron chi connectivity index (χ1n) is 8.21. The van der Waals surface area contributed by atoms with E-state index in [1.54, 1.807) is 0 Å². The molecule has 1 amide bonds. The van der Waals surface area contributed by atoms with Crippen molar-refractivity contribution in [3.05, 3.63) is 39.4 Å². The second kappa shape index (κ2) is 8.06. The monoisotopic (exact) mass is 350 g/mol. The lowest BCUT2D eigenvalue weighted by Gasteiger charge is -2.28. The normalized spacial score (nSPS) is 18.6. The summed E-state index contributed by atoms with van der Waals surface area (Å²) in [6, 6.07) is 3.13. The number of carbonyl (C=O) groups is 2. The second-order valence-electron chi connectivity index (χ2n) is 6.45. The molecule has 2 N–H and O–H groups in total. The number of rotatable bonds is 6. The molecule has 0 spiro atoms. The van der Waals surface area contributed by atoms with E-state index in [-0.39, 0.29) is 29.7 Å². The fourth-order valence-electron chi connectivity index (χ4n) is 2.97. The van der Waals surface area contributed by atoms with Crippen LogP contribution in [0.4, 0.5) is 5.69 Å². The zero-order valence-electron chi connectivity index (χ0n) is 14.2. The molecule has 1 saturated heterocycles. The standard InChI is InChI=1S/C17H22N2O6/c1-10(2)13-6-5-11(8-14(13)19(23)24)16(20)18-15(17(21)22)12-4-3-7-25-9-12/h5-6,8,10,12,15H,3-4,7,9H2,1-2H3,(H,18,20)(H,21,22). The molecule has 0 aliphatic carbocycles. The third-order valence-corrected chi connectivity index (χ3v) is 4.33. The molecule has 0 aromatic heterocycles. The number of carboxylic acids is 1. The molecule has 1 aliphatic rings. The average Bonchev–Trinajstić information content (AvgIpc) is 2.59. The third kappa shape index (κ3) is 4.54. The summed E-state index contributed by atoms with van der Waals surface area (Å²) in [6.07, 6.45) is 1.38. The van der Waals surface area contributed by atoms with E-state index in [0.29, 0.717) is 18.6 Å². The van der Waals surface area contributed by atoms with Crippen LogP contribution in [0.15, 0.2) is 18.2 Å². The largest absolute Gasteiger partial charge is 0.480 e. The van der Waals surface area contributed by atoms with Gasteiger partial charge in [-0.3, -0.25) is 14.9 Å². The fraction of sp³-hybridized carbons (Fsp3) is 0.529. The molecule has 2 unspecified atom stereocenters. The quantitative estimate of drug-likeness (QED) is 0.600. The van der Waals surface area contributed by atoms with Gasteiger partial charge in [0.15, 0.2) is 0 Å². The third-order valence-electron chi connectivity index (χ3n) is 4.33. The van der Waals surface area contributed by atoms with Crippen molar-refractivity contribution in [3.8, 4) is 0 Å². The lowest BCUT2D eigenvalue weighted by Crippen LogP contribution is -2.48. The Bertz CT molecular complexity index is 667. The molecule has 1 heterocycles. The number of nitro groups is 1. The number of carbonyl (C=O) groups excluding carboxylic acids is 1. The van der Waals surface area contributed by atoms with Crippen molar-refractivity contribution >= 4 is 17.6 Å². The molecule has 0 bridgehead atoms. The van der Waals surface area contributed by atoms with E-state index in [1.807, 2.05) is 13.8 Å². The summed E-state index contributed by atoms with van der Waals surface area (Å²) < 4.78 is 5.29. The Morgan fingerprint density at radius 1 is 1.40 bits per heavy atom. The van der Waals surface area contributed by atoms with Gasteiger partial charge in [0.05, 0.1) is 11.5 Å². The zero-order chi connectivity index (χ0) is 18.6. The Morgan fingerprint density at radius 2 is 2.12 bits per heavy atom. The lowest BCUT2D eigenvalue weighted by molar-refractivity contribution is -0.385. The summed E-state index contributed by atoms with van der Waals surface area (Å²) in [5.41, 5.74) is 0.451. The summed E-state index contributed by atoms with van der Waals surface area (Å²) in [7, 11) is 0. The van der Waals surface area contributed by atoms with Crippen molar-refractivity contribution < 1.29 is 24.4 Å². The van der Waals surface area contributed by atoms with Gasteiger partial charge in [-0.2, -0.15) is 0 Å². The highest BCUT2D eigenvalue weighted by atomic mass is 16.6. The summed E-state index contributed by atoms with van der Waals surface area (Å²) >= 11 is 0. The van der Waals surface area contributed by atoms with Gasteiger partial charge in [-0.25, -0.2) is 4.79 Å². The lowest BCUT2D eigenvalue weighted by atomic mass is 9.93. The number of ether oxygens (including phenoxy) is 1. The maximum absolute atomic E-state index is 12.4. The van der Waals surface area contributed by atoms with Gasteiger partial charge in [0.25, 0.3) is 11.6 Å². The van der Waals surface area contributed by atoms with Gasteiger partial charge in [-0.15, -0.1) is 0 Å². The topological polar surface area (TPSA) is 119 Å². The van der Waals surface area contributed by atoms with E-state index in [0.717, 1.165) is 6.42 Å². The minimum absolute atomic E-state index is 0.0660. The van der Waals surface area contributed by atoms with E-state index in [4.69, 9.17) is 4.74 Å². The number of nitrogens with zero attached hydrogens (tertiary/aromatic N) is 1. The molecule has 1 aromatic carbocycles. The van der Waals surface area contributed by atoms with Crippen LogP contribution in [0, 0.1) is 16.0 Å². The summed E-state index contributed by atoms with van der Waals surface area (Å²) in [6.45, 7) is 4.50. The summed E-state index contributed by atoms with van der Waals surface area (Å²) in [5, 5.41) is 23.1. The van der Waals surface area contributed by atoms with Crippen molar-refractivity contribution in [3.63, 3.8) is 0 Å². The van der Waals surface area contributed by atoms with Crippen LogP contribution in [0.1, 0.15) is 48.5 Å². The van der Waals surface area contributed by atoms with Crippen LogP contribution in [0.2, 0.25) is 0 Å². The Hall–Kier alpha value is -2.48. The number of aliphatic carboxylic acids is 1. The first-order valence-corrected chi connectivity index (χ1v) is 8.21. The second-order valence-corrected chi connectivity index (χ2v) is 6.45. The molecule has 0 radical (unpaired) electrons. The smallest absolute Gasteiger partial charge is 0.326 e.